The quantitative estimate of drug-likeness (QED) is 0.797. The van der Waals surface area contributed by atoms with Gasteiger partial charge >= 0.3 is 0 Å². The van der Waals surface area contributed by atoms with Gasteiger partial charge in [0.05, 0.1) is 5.92 Å². The Labute approximate surface area is 157 Å². The van der Waals surface area contributed by atoms with E-state index in [0.717, 1.165) is 0 Å². The minimum Gasteiger partial charge on any atom is -0.342 e. The van der Waals surface area contributed by atoms with Crippen LogP contribution in [0.1, 0.15) is 29.3 Å². The molecule has 1 atom stereocenters. The number of ketones is 1. The van der Waals surface area contributed by atoms with Crippen LogP contribution in [-0.2, 0) is 16.0 Å². The smallest absolute Gasteiger partial charge is 0.229 e. The number of carbonyl (C=O) groups is 3. The lowest BCUT2D eigenvalue weighted by atomic mass is 10.1. The molecule has 27 heavy (non-hydrogen) atoms. The fourth-order valence-corrected chi connectivity index (χ4v) is 3.15. The van der Waals surface area contributed by atoms with E-state index < -0.39 is 5.92 Å². The molecule has 2 amide bonds. The molecular formula is C21H21FN2O3. The van der Waals surface area contributed by atoms with Gasteiger partial charge in [-0.05, 0) is 49.2 Å². The average Bonchev–Trinajstić information content (AvgIpc) is 3.02. The van der Waals surface area contributed by atoms with E-state index in [9.17, 15) is 18.8 Å². The van der Waals surface area contributed by atoms with Crippen molar-refractivity contribution in [3.8, 4) is 0 Å². The molecular weight excluding hydrogens is 347 g/mol. The highest BCUT2D eigenvalue weighted by Gasteiger charge is 2.34. The van der Waals surface area contributed by atoms with Crippen LogP contribution in [0, 0.1) is 11.7 Å². The summed E-state index contributed by atoms with van der Waals surface area (Å²) in [6.45, 7) is 2.19. The fourth-order valence-electron chi connectivity index (χ4n) is 3.15. The molecule has 6 heteroatoms. The zero-order chi connectivity index (χ0) is 19.4. The number of carbonyl (C=O) groups excluding carboxylic acids is 3. The monoisotopic (exact) mass is 368 g/mol. The van der Waals surface area contributed by atoms with Gasteiger partial charge < -0.3 is 10.2 Å². The number of hydrogen-bond donors (Lipinski definition) is 1. The second kappa shape index (κ2) is 8.12. The van der Waals surface area contributed by atoms with Crippen LogP contribution < -0.4 is 5.32 Å². The molecule has 1 fully saturated rings. The van der Waals surface area contributed by atoms with Crippen molar-refractivity contribution < 1.29 is 18.8 Å². The summed E-state index contributed by atoms with van der Waals surface area (Å²) in [6, 6.07) is 13.1. The van der Waals surface area contributed by atoms with Crippen molar-refractivity contribution >= 4 is 23.3 Å². The molecule has 2 aromatic rings. The topological polar surface area (TPSA) is 66.5 Å². The molecule has 0 aliphatic carbocycles. The van der Waals surface area contributed by atoms with Crippen LogP contribution >= 0.6 is 0 Å². The lowest BCUT2D eigenvalue weighted by Gasteiger charge is -2.17. The SMILES string of the molecule is CC(=O)c1ccc(NC(=O)C2CC(=O)N(CCc3ccccc3F)C2)cc1. The van der Waals surface area contributed by atoms with Crippen LogP contribution in [0.2, 0.25) is 0 Å². The average molecular weight is 368 g/mol. The first-order chi connectivity index (χ1) is 12.9. The van der Waals surface area contributed by atoms with E-state index in [-0.39, 0.29) is 29.8 Å². The predicted molar refractivity (Wildman–Crippen MR) is 99.9 cm³/mol. The molecule has 1 aliphatic rings. The van der Waals surface area contributed by atoms with Gasteiger partial charge in [0.1, 0.15) is 5.82 Å². The molecule has 0 radical (unpaired) electrons. The number of rotatable bonds is 6. The number of Topliss-reactive ketones (excluding diaryl/α,β-unsaturated/α-hetero) is 1. The van der Waals surface area contributed by atoms with E-state index in [2.05, 4.69) is 5.32 Å². The highest BCUT2D eigenvalue weighted by molar-refractivity contribution is 5.98. The molecule has 0 aromatic heterocycles. The van der Waals surface area contributed by atoms with Crippen LogP contribution in [-0.4, -0.2) is 35.6 Å². The molecule has 3 rings (SSSR count). The van der Waals surface area contributed by atoms with E-state index in [4.69, 9.17) is 0 Å². The van der Waals surface area contributed by atoms with Gasteiger partial charge in [-0.15, -0.1) is 0 Å². The zero-order valence-corrected chi connectivity index (χ0v) is 15.1. The van der Waals surface area contributed by atoms with Crippen molar-refractivity contribution in [2.75, 3.05) is 18.4 Å². The summed E-state index contributed by atoms with van der Waals surface area (Å²) in [4.78, 5) is 37.5. The first-order valence-electron chi connectivity index (χ1n) is 8.87. The lowest BCUT2D eigenvalue weighted by Crippen LogP contribution is -2.30. The summed E-state index contributed by atoms with van der Waals surface area (Å²) in [5.41, 5.74) is 1.72. The molecule has 5 nitrogen and oxygen atoms in total. The van der Waals surface area contributed by atoms with Crippen LogP contribution in [0.5, 0.6) is 0 Å². The Kier molecular flexibility index (Phi) is 5.64. The highest BCUT2D eigenvalue weighted by atomic mass is 19.1. The third kappa shape index (κ3) is 4.58. The second-order valence-electron chi connectivity index (χ2n) is 6.70. The molecule has 1 saturated heterocycles. The van der Waals surface area contributed by atoms with Gasteiger partial charge in [0.25, 0.3) is 0 Å². The predicted octanol–water partition coefficient (Wildman–Crippen LogP) is 3.06. The Morgan fingerprint density at radius 3 is 2.52 bits per heavy atom. The number of benzene rings is 2. The van der Waals surface area contributed by atoms with Crippen LogP contribution in [0.3, 0.4) is 0 Å². The summed E-state index contributed by atoms with van der Waals surface area (Å²) < 4.78 is 13.7. The molecule has 0 saturated carbocycles. The van der Waals surface area contributed by atoms with Crippen molar-refractivity contribution in [1.29, 1.82) is 0 Å². The lowest BCUT2D eigenvalue weighted by molar-refractivity contribution is -0.128. The number of hydrogen-bond acceptors (Lipinski definition) is 3. The second-order valence-corrected chi connectivity index (χ2v) is 6.70. The molecule has 1 unspecified atom stereocenters. The minimum atomic E-state index is -0.439. The van der Waals surface area contributed by atoms with Gasteiger partial charge in [0.15, 0.2) is 5.78 Å². The summed E-state index contributed by atoms with van der Waals surface area (Å²) >= 11 is 0. The van der Waals surface area contributed by atoms with Gasteiger partial charge in [0, 0.05) is 30.8 Å². The van der Waals surface area contributed by atoms with Crippen molar-refractivity contribution in [2.24, 2.45) is 5.92 Å². The molecule has 1 aliphatic heterocycles. The summed E-state index contributed by atoms with van der Waals surface area (Å²) in [6.07, 6.45) is 0.563. The standard InChI is InChI=1S/C21H21FN2O3/c1-14(25)15-6-8-18(9-7-15)23-21(27)17-12-20(26)24(13-17)11-10-16-4-2-3-5-19(16)22/h2-9,17H,10-13H2,1H3,(H,23,27). The Bertz CT molecular complexity index is 864. The number of likely N-dealkylation sites (tertiary alicyclic amines) is 1. The van der Waals surface area contributed by atoms with Gasteiger partial charge in [-0.3, -0.25) is 14.4 Å². The zero-order valence-electron chi connectivity index (χ0n) is 15.1. The molecule has 0 bridgehead atoms. The Morgan fingerprint density at radius 1 is 1.15 bits per heavy atom. The van der Waals surface area contributed by atoms with Crippen LogP contribution in [0.15, 0.2) is 48.5 Å². The maximum Gasteiger partial charge on any atom is 0.229 e. The number of nitrogens with one attached hydrogen (secondary N) is 1. The highest BCUT2D eigenvalue weighted by Crippen LogP contribution is 2.21. The van der Waals surface area contributed by atoms with E-state index in [1.807, 2.05) is 0 Å². The first-order valence-corrected chi connectivity index (χ1v) is 8.87. The van der Waals surface area contributed by atoms with E-state index in [1.54, 1.807) is 47.4 Å². The van der Waals surface area contributed by atoms with E-state index in [0.29, 0.717) is 36.3 Å². The number of halogens is 1. The third-order valence-electron chi connectivity index (χ3n) is 4.75. The van der Waals surface area contributed by atoms with Crippen molar-refractivity contribution in [3.63, 3.8) is 0 Å². The van der Waals surface area contributed by atoms with Gasteiger partial charge in [-0.2, -0.15) is 0 Å². The molecule has 2 aromatic carbocycles. The number of anilines is 1. The summed E-state index contributed by atoms with van der Waals surface area (Å²) in [7, 11) is 0. The van der Waals surface area contributed by atoms with Crippen LogP contribution in [0.25, 0.3) is 0 Å². The minimum absolute atomic E-state index is 0.0419. The van der Waals surface area contributed by atoms with Crippen LogP contribution in [0.4, 0.5) is 10.1 Å². The number of amides is 2. The Balaban J connectivity index is 1.55. The number of nitrogens with zero attached hydrogens (tertiary/aromatic N) is 1. The van der Waals surface area contributed by atoms with E-state index >= 15 is 0 Å². The maximum absolute atomic E-state index is 13.7. The Morgan fingerprint density at radius 2 is 1.85 bits per heavy atom. The van der Waals surface area contributed by atoms with Gasteiger partial charge in [-0.1, -0.05) is 18.2 Å². The molecule has 1 heterocycles. The molecule has 0 spiro atoms. The van der Waals surface area contributed by atoms with Gasteiger partial charge in [-0.25, -0.2) is 4.39 Å². The first kappa shape index (κ1) is 18.8. The fraction of sp³-hybridized carbons (Fsp3) is 0.286. The third-order valence-corrected chi connectivity index (χ3v) is 4.75. The van der Waals surface area contributed by atoms with Crippen molar-refractivity contribution in [3.05, 3.63) is 65.5 Å². The maximum atomic E-state index is 13.7. The normalized spacial score (nSPS) is 16.4. The molecule has 140 valence electrons. The van der Waals surface area contributed by atoms with Gasteiger partial charge in [0.2, 0.25) is 11.8 Å². The Hall–Kier alpha value is -3.02. The molecule has 1 N–H and O–H groups in total. The van der Waals surface area contributed by atoms with Crippen molar-refractivity contribution in [1.82, 2.24) is 4.90 Å². The largest absolute Gasteiger partial charge is 0.342 e. The van der Waals surface area contributed by atoms with E-state index in [1.165, 1.54) is 13.0 Å². The van der Waals surface area contributed by atoms with Crippen molar-refractivity contribution in [2.45, 2.75) is 19.8 Å². The summed E-state index contributed by atoms with van der Waals surface area (Å²) in [5.74, 6) is -1.09. The summed E-state index contributed by atoms with van der Waals surface area (Å²) in [5, 5.41) is 2.78.